The van der Waals surface area contributed by atoms with E-state index in [0.29, 0.717) is 0 Å². The van der Waals surface area contributed by atoms with E-state index in [1.54, 1.807) is 7.11 Å². The van der Waals surface area contributed by atoms with E-state index in [0.717, 1.165) is 35.2 Å². The summed E-state index contributed by atoms with van der Waals surface area (Å²) in [6, 6.07) is 21.2. The molecule has 134 valence electrons. The third kappa shape index (κ3) is 2.56. The molecule has 27 heavy (non-hydrogen) atoms. The molecule has 5 rings (SSSR count). The van der Waals surface area contributed by atoms with Gasteiger partial charge in [-0.25, -0.2) is 0 Å². The lowest BCUT2D eigenvalue weighted by molar-refractivity contribution is 0.359. The maximum absolute atomic E-state index is 6.10. The summed E-state index contributed by atoms with van der Waals surface area (Å²) in [5.41, 5.74) is 8.11. The van der Waals surface area contributed by atoms with Crippen molar-refractivity contribution in [1.82, 2.24) is 0 Å². The van der Waals surface area contributed by atoms with Crippen LogP contribution < -0.4 is 0 Å². The average Bonchev–Trinajstić information content (AvgIpc) is 3.03. The Bertz CT molecular complexity index is 1190. The number of hydrogen-bond acceptors (Lipinski definition) is 2. The van der Waals surface area contributed by atoms with Crippen LogP contribution in [0.1, 0.15) is 30.4 Å². The van der Waals surface area contributed by atoms with E-state index < -0.39 is 0 Å². The number of furan rings is 1. The van der Waals surface area contributed by atoms with E-state index in [9.17, 15) is 0 Å². The molecule has 0 amide bonds. The fourth-order valence-corrected chi connectivity index (χ4v) is 4.11. The van der Waals surface area contributed by atoms with Crippen molar-refractivity contribution in [2.24, 2.45) is 0 Å². The molecule has 1 aromatic heterocycles. The van der Waals surface area contributed by atoms with Crippen molar-refractivity contribution in [2.75, 3.05) is 7.11 Å². The smallest absolute Gasteiger partial charge is 0.136 e. The van der Waals surface area contributed by atoms with Crippen LogP contribution in [-0.2, 0) is 4.74 Å². The van der Waals surface area contributed by atoms with Gasteiger partial charge in [-0.3, -0.25) is 0 Å². The number of allylic oxidation sites excluding steroid dienone is 1. The number of hydrogen-bond donors (Lipinski definition) is 0. The lowest BCUT2D eigenvalue weighted by Crippen LogP contribution is -2.04. The molecule has 2 nitrogen and oxygen atoms in total. The molecule has 0 radical (unpaired) electrons. The predicted octanol–water partition coefficient (Wildman–Crippen LogP) is 7.10. The first-order valence-corrected chi connectivity index (χ1v) is 9.54. The Kier molecular flexibility index (Phi) is 3.78. The van der Waals surface area contributed by atoms with Gasteiger partial charge in [-0.15, -0.1) is 0 Å². The molecular weight excluding hydrogens is 332 g/mol. The molecule has 0 N–H and O–H groups in total. The van der Waals surface area contributed by atoms with E-state index in [2.05, 4.69) is 49.4 Å². The molecule has 1 heterocycles. The van der Waals surface area contributed by atoms with Gasteiger partial charge in [0.15, 0.2) is 0 Å². The van der Waals surface area contributed by atoms with E-state index in [-0.39, 0.29) is 0 Å². The number of rotatable bonds is 3. The van der Waals surface area contributed by atoms with E-state index in [4.69, 9.17) is 9.15 Å². The maximum atomic E-state index is 6.10. The number of para-hydroxylation sites is 1. The lowest BCUT2D eigenvalue weighted by Gasteiger charge is -2.23. The van der Waals surface area contributed by atoms with Crippen molar-refractivity contribution < 1.29 is 9.15 Å². The summed E-state index contributed by atoms with van der Waals surface area (Å²) in [6.07, 6.45) is 3.52. The van der Waals surface area contributed by atoms with Crippen LogP contribution in [0.15, 0.2) is 70.7 Å². The summed E-state index contributed by atoms with van der Waals surface area (Å²) in [7, 11) is 1.79. The zero-order valence-electron chi connectivity index (χ0n) is 15.7. The fraction of sp³-hybridized carbons (Fsp3) is 0.200. The van der Waals surface area contributed by atoms with Gasteiger partial charge in [0, 0.05) is 16.3 Å². The molecule has 2 heteroatoms. The number of fused-ring (bicyclic) bond motifs is 3. The Morgan fingerprint density at radius 3 is 2.48 bits per heavy atom. The van der Waals surface area contributed by atoms with Crippen LogP contribution in [-0.4, -0.2) is 7.11 Å². The van der Waals surface area contributed by atoms with Gasteiger partial charge in [-0.1, -0.05) is 48.0 Å². The summed E-state index contributed by atoms with van der Waals surface area (Å²) < 4.78 is 12.0. The highest BCUT2D eigenvalue weighted by Crippen LogP contribution is 2.42. The van der Waals surface area contributed by atoms with Crippen molar-refractivity contribution in [3.63, 3.8) is 0 Å². The van der Waals surface area contributed by atoms with Crippen LogP contribution in [0.4, 0.5) is 0 Å². The third-order valence-corrected chi connectivity index (χ3v) is 5.59. The lowest BCUT2D eigenvalue weighted by atomic mass is 9.86. The number of methoxy groups -OCH3 is 1. The van der Waals surface area contributed by atoms with Crippen molar-refractivity contribution in [1.29, 1.82) is 0 Å². The van der Waals surface area contributed by atoms with Crippen molar-refractivity contribution in [2.45, 2.75) is 26.2 Å². The second kappa shape index (κ2) is 6.31. The number of benzene rings is 3. The summed E-state index contributed by atoms with van der Waals surface area (Å²) in [4.78, 5) is 0. The molecular formula is C25H22O2. The second-order valence-electron chi connectivity index (χ2n) is 7.32. The van der Waals surface area contributed by atoms with Gasteiger partial charge in [0.25, 0.3) is 0 Å². The summed E-state index contributed by atoms with van der Waals surface area (Å²) >= 11 is 0. The van der Waals surface area contributed by atoms with Crippen LogP contribution >= 0.6 is 0 Å². The van der Waals surface area contributed by atoms with Gasteiger partial charge in [0.1, 0.15) is 16.9 Å². The van der Waals surface area contributed by atoms with Gasteiger partial charge in [-0.05, 0) is 61.1 Å². The molecule has 4 aromatic rings. The van der Waals surface area contributed by atoms with Gasteiger partial charge in [-0.2, -0.15) is 0 Å². The van der Waals surface area contributed by atoms with Crippen molar-refractivity contribution in [3.05, 3.63) is 77.4 Å². The molecule has 0 unspecified atom stereocenters. The maximum Gasteiger partial charge on any atom is 0.136 e. The zero-order valence-corrected chi connectivity index (χ0v) is 15.7. The van der Waals surface area contributed by atoms with Crippen LogP contribution in [0.25, 0.3) is 38.8 Å². The standard InChI is InChI=1S/C25H22O2/c1-16-13-14-18(21(15-16)25(26-2)17-7-5-8-17)19-10-6-12-23-24(19)20-9-3-4-11-22(20)27-23/h3-4,6,9-15H,5,7-8H2,1-2H3. The second-order valence-corrected chi connectivity index (χ2v) is 7.32. The SMILES string of the molecule is COC(=C1CCC1)c1cc(C)ccc1-c1cccc2oc3ccccc3c12. The molecule has 0 saturated heterocycles. The first-order chi connectivity index (χ1) is 13.3. The molecule has 1 aliphatic rings. The van der Waals surface area contributed by atoms with Crippen molar-refractivity contribution >= 4 is 27.7 Å². The monoisotopic (exact) mass is 354 g/mol. The number of ether oxygens (including phenoxy) is 1. The topological polar surface area (TPSA) is 22.4 Å². The molecule has 0 bridgehead atoms. The van der Waals surface area contributed by atoms with E-state index in [1.165, 1.54) is 39.6 Å². The normalized spacial score (nSPS) is 13.8. The molecule has 0 aliphatic heterocycles. The average molecular weight is 354 g/mol. The minimum atomic E-state index is 0.926. The Hall–Kier alpha value is -3.00. The van der Waals surface area contributed by atoms with Crippen LogP contribution in [0.2, 0.25) is 0 Å². The quantitative estimate of drug-likeness (QED) is 0.366. The number of aryl methyl sites for hydroxylation is 1. The first-order valence-electron chi connectivity index (χ1n) is 9.54. The molecule has 0 atom stereocenters. The van der Waals surface area contributed by atoms with Crippen LogP contribution in [0.5, 0.6) is 0 Å². The molecule has 1 aliphatic carbocycles. The Labute approximate surface area is 159 Å². The van der Waals surface area contributed by atoms with Gasteiger partial charge in [0.05, 0.1) is 7.11 Å². The van der Waals surface area contributed by atoms with Crippen molar-refractivity contribution in [3.8, 4) is 11.1 Å². The zero-order chi connectivity index (χ0) is 18.4. The molecule has 1 saturated carbocycles. The first kappa shape index (κ1) is 16.2. The molecule has 1 fully saturated rings. The minimum Gasteiger partial charge on any atom is -0.496 e. The van der Waals surface area contributed by atoms with Gasteiger partial charge < -0.3 is 9.15 Å². The fourth-order valence-electron chi connectivity index (χ4n) is 4.11. The third-order valence-electron chi connectivity index (χ3n) is 5.59. The predicted molar refractivity (Wildman–Crippen MR) is 112 cm³/mol. The Morgan fingerprint density at radius 1 is 0.889 bits per heavy atom. The van der Waals surface area contributed by atoms with E-state index >= 15 is 0 Å². The Balaban J connectivity index is 1.84. The summed E-state index contributed by atoms with van der Waals surface area (Å²) in [5, 5.41) is 2.33. The van der Waals surface area contributed by atoms with Gasteiger partial charge in [0.2, 0.25) is 0 Å². The highest BCUT2D eigenvalue weighted by Gasteiger charge is 2.21. The van der Waals surface area contributed by atoms with E-state index in [1.807, 2.05) is 18.2 Å². The van der Waals surface area contributed by atoms with Gasteiger partial charge >= 0.3 is 0 Å². The van der Waals surface area contributed by atoms with Crippen LogP contribution in [0, 0.1) is 6.92 Å². The largest absolute Gasteiger partial charge is 0.496 e. The minimum absolute atomic E-state index is 0.926. The molecule has 3 aromatic carbocycles. The molecule has 0 spiro atoms. The summed E-state index contributed by atoms with van der Waals surface area (Å²) in [6.45, 7) is 2.14. The highest BCUT2D eigenvalue weighted by molar-refractivity contribution is 6.13. The Morgan fingerprint density at radius 2 is 1.70 bits per heavy atom. The van der Waals surface area contributed by atoms with Crippen LogP contribution in [0.3, 0.4) is 0 Å². The highest BCUT2D eigenvalue weighted by atomic mass is 16.5. The summed E-state index contributed by atoms with van der Waals surface area (Å²) in [5.74, 6) is 1.05.